The van der Waals surface area contributed by atoms with Crippen molar-refractivity contribution in [2.75, 3.05) is 27.2 Å². The summed E-state index contributed by atoms with van der Waals surface area (Å²) in [7, 11) is -3.37. The first kappa shape index (κ1) is 21.4. The molecule has 2 amide bonds. The Kier molecular flexibility index (Phi) is 5.75. The maximum Gasteiger partial charge on any atom is 0.232 e. The van der Waals surface area contributed by atoms with E-state index in [-0.39, 0.29) is 24.0 Å². The molecular weight excluding hydrogens is 414 g/mol. The number of aryl methyl sites for hydroxylation is 3. The number of benzene rings is 2. The van der Waals surface area contributed by atoms with Crippen LogP contribution in [0.4, 0.5) is 17.1 Å². The molecule has 1 aliphatic carbocycles. The highest BCUT2D eigenvalue weighted by Crippen LogP contribution is 2.31. The van der Waals surface area contributed by atoms with Gasteiger partial charge in [0.15, 0.2) is 0 Å². The molecule has 0 spiro atoms. The van der Waals surface area contributed by atoms with Crippen LogP contribution < -0.4 is 14.9 Å². The molecule has 0 aromatic heterocycles. The average molecular weight is 442 g/mol. The zero-order valence-electron chi connectivity index (χ0n) is 17.8. The summed E-state index contributed by atoms with van der Waals surface area (Å²) in [5.41, 5.74) is 5.28. The summed E-state index contributed by atoms with van der Waals surface area (Å²) >= 11 is 0. The molecule has 1 unspecified atom stereocenters. The second-order valence-corrected chi connectivity index (χ2v) is 10.2. The Morgan fingerprint density at radius 3 is 2.65 bits per heavy atom. The number of rotatable bonds is 6. The van der Waals surface area contributed by atoms with E-state index in [0.717, 1.165) is 24.9 Å². The van der Waals surface area contributed by atoms with Crippen molar-refractivity contribution in [2.45, 2.75) is 39.5 Å². The number of carbonyl (C=O) groups excluding carboxylic acids is 2. The Balaban J connectivity index is 1.42. The van der Waals surface area contributed by atoms with Crippen molar-refractivity contribution >= 4 is 38.9 Å². The summed E-state index contributed by atoms with van der Waals surface area (Å²) in [6, 6.07) is 11.2. The van der Waals surface area contributed by atoms with Gasteiger partial charge in [0.05, 0.1) is 17.4 Å². The minimum absolute atomic E-state index is 0.0125. The quantitative estimate of drug-likeness (QED) is 0.719. The minimum Gasteiger partial charge on any atom is -0.326 e. The van der Waals surface area contributed by atoms with Gasteiger partial charge in [0.25, 0.3) is 0 Å². The van der Waals surface area contributed by atoms with Crippen molar-refractivity contribution < 1.29 is 18.0 Å². The van der Waals surface area contributed by atoms with Gasteiger partial charge in [-0.2, -0.15) is 0 Å². The van der Waals surface area contributed by atoms with Crippen LogP contribution in [0.3, 0.4) is 0 Å². The largest absolute Gasteiger partial charge is 0.326 e. The molecule has 1 saturated heterocycles. The van der Waals surface area contributed by atoms with Gasteiger partial charge in [-0.25, -0.2) is 8.42 Å². The number of fused-ring (bicyclic) bond motifs is 1. The highest BCUT2D eigenvalue weighted by molar-refractivity contribution is 7.92. The molecule has 0 saturated carbocycles. The van der Waals surface area contributed by atoms with Gasteiger partial charge in [0.2, 0.25) is 21.8 Å². The fraction of sp³-hybridized carbons (Fsp3) is 0.391. The molecule has 1 aliphatic heterocycles. The van der Waals surface area contributed by atoms with Crippen LogP contribution in [-0.2, 0) is 32.5 Å². The maximum absolute atomic E-state index is 12.8. The van der Waals surface area contributed by atoms with Gasteiger partial charge < -0.3 is 10.2 Å². The Hall–Kier alpha value is -2.87. The fourth-order valence-corrected chi connectivity index (χ4v) is 4.91. The number of nitrogens with zero attached hydrogens (tertiary/aromatic N) is 1. The SMILES string of the molecule is CCS(=O)(=O)Nc1ccc(NC(=O)C2CC(=O)N(c3ccc4c(c3)CCC4)C2)cc1C. The third kappa shape index (κ3) is 4.58. The number of hydrogen-bond acceptors (Lipinski definition) is 4. The Bertz CT molecular complexity index is 1140. The Morgan fingerprint density at radius 2 is 1.90 bits per heavy atom. The predicted octanol–water partition coefficient (Wildman–Crippen LogP) is 3.24. The van der Waals surface area contributed by atoms with Crippen LogP contribution in [0.15, 0.2) is 36.4 Å². The lowest BCUT2D eigenvalue weighted by molar-refractivity contribution is -0.122. The van der Waals surface area contributed by atoms with E-state index in [2.05, 4.69) is 22.2 Å². The summed E-state index contributed by atoms with van der Waals surface area (Å²) in [5.74, 6) is -0.697. The molecule has 1 atom stereocenters. The van der Waals surface area contributed by atoms with E-state index in [0.29, 0.717) is 23.5 Å². The van der Waals surface area contributed by atoms with E-state index >= 15 is 0 Å². The van der Waals surface area contributed by atoms with Gasteiger partial charge in [0, 0.05) is 24.3 Å². The van der Waals surface area contributed by atoms with Crippen LogP contribution in [0.1, 0.15) is 36.5 Å². The monoisotopic (exact) mass is 441 g/mol. The summed E-state index contributed by atoms with van der Waals surface area (Å²) in [4.78, 5) is 27.1. The zero-order chi connectivity index (χ0) is 22.2. The van der Waals surface area contributed by atoms with E-state index in [4.69, 9.17) is 0 Å². The molecule has 0 bridgehead atoms. The number of carbonyl (C=O) groups is 2. The van der Waals surface area contributed by atoms with Crippen molar-refractivity contribution in [3.05, 3.63) is 53.1 Å². The van der Waals surface area contributed by atoms with Crippen LogP contribution in [0.2, 0.25) is 0 Å². The summed E-state index contributed by atoms with van der Waals surface area (Å²) < 4.78 is 26.1. The lowest BCUT2D eigenvalue weighted by Crippen LogP contribution is -2.28. The molecule has 31 heavy (non-hydrogen) atoms. The van der Waals surface area contributed by atoms with Gasteiger partial charge in [-0.3, -0.25) is 14.3 Å². The standard InChI is InChI=1S/C23H27N3O4S/c1-3-31(29,30)25-21-10-8-19(11-15(21)2)24-23(28)18-13-22(27)26(14-18)20-9-7-16-5-4-6-17(16)12-20/h7-12,18,25H,3-6,13-14H2,1-2H3,(H,24,28). The van der Waals surface area contributed by atoms with E-state index < -0.39 is 15.9 Å². The smallest absolute Gasteiger partial charge is 0.232 e. The van der Waals surface area contributed by atoms with Gasteiger partial charge >= 0.3 is 0 Å². The van der Waals surface area contributed by atoms with Crippen LogP contribution in [0.25, 0.3) is 0 Å². The molecule has 0 radical (unpaired) electrons. The Morgan fingerprint density at radius 1 is 1.13 bits per heavy atom. The third-order valence-corrected chi connectivity index (χ3v) is 7.32. The number of sulfonamides is 1. The highest BCUT2D eigenvalue weighted by atomic mass is 32.2. The molecule has 1 fully saturated rings. The second-order valence-electron chi connectivity index (χ2n) is 8.24. The van der Waals surface area contributed by atoms with Crippen molar-refractivity contribution in [2.24, 2.45) is 5.92 Å². The van der Waals surface area contributed by atoms with Crippen LogP contribution in [-0.4, -0.2) is 32.5 Å². The maximum atomic E-state index is 12.8. The lowest BCUT2D eigenvalue weighted by atomic mass is 10.1. The number of anilines is 3. The summed E-state index contributed by atoms with van der Waals surface area (Å²) in [6.07, 6.45) is 3.46. The molecule has 7 nitrogen and oxygen atoms in total. The van der Waals surface area contributed by atoms with Crippen LogP contribution in [0, 0.1) is 12.8 Å². The molecule has 1 heterocycles. The molecular formula is C23H27N3O4S. The minimum atomic E-state index is -3.37. The predicted molar refractivity (Wildman–Crippen MR) is 122 cm³/mol. The first-order valence-corrected chi connectivity index (χ1v) is 12.2. The first-order chi connectivity index (χ1) is 14.8. The van der Waals surface area contributed by atoms with E-state index in [9.17, 15) is 18.0 Å². The Labute approximate surface area is 182 Å². The van der Waals surface area contributed by atoms with Gasteiger partial charge in [-0.15, -0.1) is 0 Å². The van der Waals surface area contributed by atoms with Crippen molar-refractivity contribution in [1.82, 2.24) is 0 Å². The number of nitrogens with one attached hydrogen (secondary N) is 2. The normalized spacial score (nSPS) is 18.2. The van der Waals surface area contributed by atoms with Gasteiger partial charge in [-0.05, 0) is 80.1 Å². The summed E-state index contributed by atoms with van der Waals surface area (Å²) in [6.45, 7) is 3.70. The zero-order valence-corrected chi connectivity index (χ0v) is 18.6. The molecule has 2 aromatic rings. The number of hydrogen-bond donors (Lipinski definition) is 2. The first-order valence-electron chi connectivity index (χ1n) is 10.6. The fourth-order valence-electron chi connectivity index (χ4n) is 4.20. The van der Waals surface area contributed by atoms with Crippen molar-refractivity contribution in [3.8, 4) is 0 Å². The van der Waals surface area contributed by atoms with Crippen LogP contribution >= 0.6 is 0 Å². The van der Waals surface area contributed by atoms with Crippen LogP contribution in [0.5, 0.6) is 0 Å². The molecule has 8 heteroatoms. The third-order valence-electron chi connectivity index (χ3n) is 6.03. The molecule has 2 N–H and O–H groups in total. The average Bonchev–Trinajstić information content (AvgIpc) is 3.35. The number of amides is 2. The molecule has 2 aliphatic rings. The topological polar surface area (TPSA) is 95.6 Å². The van der Waals surface area contributed by atoms with Crippen molar-refractivity contribution in [1.29, 1.82) is 0 Å². The van der Waals surface area contributed by atoms with Gasteiger partial charge in [-0.1, -0.05) is 6.07 Å². The molecule has 2 aromatic carbocycles. The van der Waals surface area contributed by atoms with Gasteiger partial charge in [0.1, 0.15) is 0 Å². The second kappa shape index (κ2) is 8.34. The van der Waals surface area contributed by atoms with E-state index in [1.54, 1.807) is 36.9 Å². The molecule has 164 valence electrons. The summed E-state index contributed by atoms with van der Waals surface area (Å²) in [5, 5.41) is 2.87. The lowest BCUT2D eigenvalue weighted by Gasteiger charge is -2.18. The molecule has 4 rings (SSSR count). The van der Waals surface area contributed by atoms with Crippen molar-refractivity contribution in [3.63, 3.8) is 0 Å². The van der Waals surface area contributed by atoms with E-state index in [1.165, 1.54) is 11.1 Å². The highest BCUT2D eigenvalue weighted by Gasteiger charge is 2.35. The van der Waals surface area contributed by atoms with E-state index in [1.807, 2.05) is 6.07 Å².